The highest BCUT2D eigenvalue weighted by molar-refractivity contribution is 5.97. The number of anilines is 1. The van der Waals surface area contributed by atoms with Crippen molar-refractivity contribution >= 4 is 11.6 Å². The molecule has 1 amide bonds. The van der Waals surface area contributed by atoms with Crippen LogP contribution in [0.3, 0.4) is 0 Å². The van der Waals surface area contributed by atoms with Gasteiger partial charge in [-0.2, -0.15) is 0 Å². The largest absolute Gasteiger partial charge is 0.487 e. The lowest BCUT2D eigenvalue weighted by Crippen LogP contribution is -2.26. The van der Waals surface area contributed by atoms with E-state index in [1.807, 2.05) is 42.5 Å². The van der Waals surface area contributed by atoms with Gasteiger partial charge in [0, 0.05) is 5.56 Å². The zero-order valence-corrected chi connectivity index (χ0v) is 11.9. The zero-order valence-electron chi connectivity index (χ0n) is 11.9. The Morgan fingerprint density at radius 2 is 2.00 bits per heavy atom. The number of epoxide rings is 1. The molecular weight excluding hydrogens is 282 g/mol. The van der Waals surface area contributed by atoms with Crippen LogP contribution in [0.15, 0.2) is 42.5 Å². The van der Waals surface area contributed by atoms with Gasteiger partial charge in [-0.15, -0.1) is 0 Å². The molecule has 2 heterocycles. The Labute approximate surface area is 127 Å². The molecule has 0 radical (unpaired) electrons. The lowest BCUT2D eigenvalue weighted by molar-refractivity contribution is -0.118. The van der Waals surface area contributed by atoms with Crippen molar-refractivity contribution in [3.63, 3.8) is 0 Å². The van der Waals surface area contributed by atoms with Gasteiger partial charge in [-0.25, -0.2) is 0 Å². The van der Waals surface area contributed by atoms with E-state index >= 15 is 0 Å². The fourth-order valence-electron chi connectivity index (χ4n) is 2.50. The standard InChI is InChI=1S/C17H15NO4/c19-15-10-22-17-12(14-9-21-14)6-7-13(16(17)18-15)20-8-11-4-2-1-3-5-11/h1-7,14H,8-10H2,(H,18,19). The summed E-state index contributed by atoms with van der Waals surface area (Å²) in [4.78, 5) is 11.6. The second kappa shape index (κ2) is 5.35. The van der Waals surface area contributed by atoms with E-state index in [2.05, 4.69) is 5.32 Å². The van der Waals surface area contributed by atoms with Crippen molar-refractivity contribution in [2.75, 3.05) is 18.5 Å². The highest BCUT2D eigenvalue weighted by atomic mass is 16.6. The summed E-state index contributed by atoms with van der Waals surface area (Å²) in [5, 5.41) is 2.84. The predicted molar refractivity (Wildman–Crippen MR) is 80.0 cm³/mol. The third kappa shape index (κ3) is 2.51. The van der Waals surface area contributed by atoms with Crippen LogP contribution in [0.25, 0.3) is 0 Å². The van der Waals surface area contributed by atoms with Gasteiger partial charge in [0.1, 0.15) is 24.1 Å². The van der Waals surface area contributed by atoms with Crippen LogP contribution in [0, 0.1) is 0 Å². The second-order valence-corrected chi connectivity index (χ2v) is 5.29. The lowest BCUT2D eigenvalue weighted by Gasteiger charge is -2.23. The zero-order chi connectivity index (χ0) is 14.9. The van der Waals surface area contributed by atoms with Crippen LogP contribution in [0.1, 0.15) is 17.2 Å². The Morgan fingerprint density at radius 3 is 2.77 bits per heavy atom. The van der Waals surface area contributed by atoms with Gasteiger partial charge in [0.25, 0.3) is 5.91 Å². The Morgan fingerprint density at radius 1 is 1.18 bits per heavy atom. The van der Waals surface area contributed by atoms with Gasteiger partial charge in [-0.1, -0.05) is 30.3 Å². The van der Waals surface area contributed by atoms with Crippen LogP contribution < -0.4 is 14.8 Å². The maximum Gasteiger partial charge on any atom is 0.262 e. The van der Waals surface area contributed by atoms with Crippen LogP contribution in [0.2, 0.25) is 0 Å². The number of hydrogen-bond donors (Lipinski definition) is 1. The van der Waals surface area contributed by atoms with E-state index < -0.39 is 0 Å². The summed E-state index contributed by atoms with van der Waals surface area (Å²) >= 11 is 0. The molecule has 22 heavy (non-hydrogen) atoms. The van der Waals surface area contributed by atoms with Crippen LogP contribution >= 0.6 is 0 Å². The summed E-state index contributed by atoms with van der Waals surface area (Å²) in [7, 11) is 0. The summed E-state index contributed by atoms with van der Waals surface area (Å²) in [5.41, 5.74) is 2.62. The molecule has 2 aromatic rings. The Hall–Kier alpha value is -2.53. The van der Waals surface area contributed by atoms with E-state index in [1.165, 1.54) is 0 Å². The molecule has 1 saturated heterocycles. The van der Waals surface area contributed by atoms with E-state index in [1.54, 1.807) is 0 Å². The number of fused-ring (bicyclic) bond motifs is 1. The van der Waals surface area contributed by atoms with E-state index in [4.69, 9.17) is 14.2 Å². The van der Waals surface area contributed by atoms with E-state index in [-0.39, 0.29) is 18.6 Å². The normalized spacial score (nSPS) is 18.9. The van der Waals surface area contributed by atoms with Crippen molar-refractivity contribution < 1.29 is 19.0 Å². The number of rotatable bonds is 4. The van der Waals surface area contributed by atoms with Crippen molar-refractivity contribution in [2.24, 2.45) is 0 Å². The number of benzene rings is 2. The Bertz CT molecular complexity index is 710. The molecule has 0 spiro atoms. The number of amides is 1. The maximum absolute atomic E-state index is 11.6. The van der Waals surface area contributed by atoms with Gasteiger partial charge >= 0.3 is 0 Å². The number of hydrogen-bond acceptors (Lipinski definition) is 4. The van der Waals surface area contributed by atoms with Gasteiger partial charge in [-0.05, 0) is 17.7 Å². The van der Waals surface area contributed by atoms with E-state index in [9.17, 15) is 4.79 Å². The Kier molecular flexibility index (Phi) is 3.20. The third-order valence-corrected chi connectivity index (χ3v) is 3.68. The van der Waals surface area contributed by atoms with Crippen LogP contribution in [-0.4, -0.2) is 19.1 Å². The predicted octanol–water partition coefficient (Wildman–Crippen LogP) is 2.67. The first-order valence-electron chi connectivity index (χ1n) is 7.19. The van der Waals surface area contributed by atoms with Gasteiger partial charge in [0.2, 0.25) is 0 Å². The molecule has 0 bridgehead atoms. The van der Waals surface area contributed by atoms with Gasteiger partial charge in [-0.3, -0.25) is 4.79 Å². The topological polar surface area (TPSA) is 60.1 Å². The molecule has 1 N–H and O–H groups in total. The molecule has 112 valence electrons. The van der Waals surface area contributed by atoms with Crippen molar-refractivity contribution in [3.05, 3.63) is 53.6 Å². The summed E-state index contributed by atoms with van der Waals surface area (Å²) in [6.07, 6.45) is 0.0620. The van der Waals surface area contributed by atoms with Crippen molar-refractivity contribution in [1.29, 1.82) is 0 Å². The summed E-state index contributed by atoms with van der Waals surface area (Å²) < 4.78 is 16.8. The first-order chi connectivity index (χ1) is 10.8. The molecule has 5 heteroatoms. The molecule has 4 rings (SSSR count). The highest BCUT2D eigenvalue weighted by Gasteiger charge is 2.33. The molecular formula is C17H15NO4. The smallest absolute Gasteiger partial charge is 0.262 e. The highest BCUT2D eigenvalue weighted by Crippen LogP contribution is 2.46. The van der Waals surface area contributed by atoms with Gasteiger partial charge in [0.05, 0.1) is 6.61 Å². The third-order valence-electron chi connectivity index (χ3n) is 3.68. The van der Waals surface area contributed by atoms with Gasteiger partial charge in [0.15, 0.2) is 12.4 Å². The fraction of sp³-hybridized carbons (Fsp3) is 0.235. The van der Waals surface area contributed by atoms with Crippen LogP contribution in [0.5, 0.6) is 11.5 Å². The van der Waals surface area contributed by atoms with Crippen molar-refractivity contribution in [1.82, 2.24) is 0 Å². The summed E-state index contributed by atoms with van der Waals surface area (Å²) in [6, 6.07) is 13.7. The molecule has 1 atom stereocenters. The monoisotopic (exact) mass is 297 g/mol. The minimum atomic E-state index is -0.175. The number of nitrogens with one attached hydrogen (secondary N) is 1. The van der Waals surface area contributed by atoms with Crippen molar-refractivity contribution in [3.8, 4) is 11.5 Å². The number of carbonyl (C=O) groups excluding carboxylic acids is 1. The second-order valence-electron chi connectivity index (χ2n) is 5.29. The van der Waals surface area contributed by atoms with Crippen molar-refractivity contribution in [2.45, 2.75) is 12.7 Å². The minimum absolute atomic E-state index is 0.0227. The molecule has 0 saturated carbocycles. The summed E-state index contributed by atoms with van der Waals surface area (Å²) in [6.45, 7) is 1.14. The van der Waals surface area contributed by atoms with Crippen LogP contribution in [-0.2, 0) is 16.1 Å². The molecule has 0 aliphatic carbocycles. The lowest BCUT2D eigenvalue weighted by atomic mass is 10.1. The first kappa shape index (κ1) is 13.2. The van der Waals surface area contributed by atoms with E-state index in [0.29, 0.717) is 30.4 Å². The average Bonchev–Trinajstić information content (AvgIpc) is 3.38. The SMILES string of the molecule is O=C1COc2c(C3CO3)ccc(OCc3ccccc3)c2N1. The van der Waals surface area contributed by atoms with Gasteiger partial charge < -0.3 is 19.5 Å². The quantitative estimate of drug-likeness (QED) is 0.881. The number of ether oxygens (including phenoxy) is 3. The molecule has 2 aliphatic heterocycles. The molecule has 5 nitrogen and oxygen atoms in total. The summed E-state index contributed by atoms with van der Waals surface area (Å²) in [5.74, 6) is 1.09. The van der Waals surface area contributed by atoms with E-state index in [0.717, 1.165) is 11.1 Å². The Balaban J connectivity index is 1.63. The fourth-order valence-corrected chi connectivity index (χ4v) is 2.50. The molecule has 1 unspecified atom stereocenters. The molecule has 2 aromatic carbocycles. The molecule has 0 aromatic heterocycles. The molecule has 1 fully saturated rings. The first-order valence-corrected chi connectivity index (χ1v) is 7.19. The molecule has 2 aliphatic rings. The van der Waals surface area contributed by atoms with Crippen LogP contribution in [0.4, 0.5) is 5.69 Å². The average molecular weight is 297 g/mol. The maximum atomic E-state index is 11.6. The minimum Gasteiger partial charge on any atom is -0.487 e. The number of carbonyl (C=O) groups is 1.